The third-order valence-corrected chi connectivity index (χ3v) is 5.14. The number of carbonyl (C=O) groups is 1. The lowest BCUT2D eigenvalue weighted by Gasteiger charge is -2.34. The van der Waals surface area contributed by atoms with Gasteiger partial charge in [0, 0.05) is 65.4 Å². The van der Waals surface area contributed by atoms with Crippen molar-refractivity contribution in [3.63, 3.8) is 0 Å². The van der Waals surface area contributed by atoms with Crippen molar-refractivity contribution in [3.8, 4) is 0 Å². The Labute approximate surface area is 169 Å². The Balaban J connectivity index is 1.81. The fraction of sp³-hybridized carbons (Fsp3) is 0.571. The maximum atomic E-state index is 11.8. The van der Waals surface area contributed by atoms with Crippen LogP contribution in [0.15, 0.2) is 42.2 Å². The number of aliphatic imine (C=N–C) groups is 1. The van der Waals surface area contributed by atoms with Crippen molar-refractivity contribution in [3.05, 3.63) is 37.2 Å². The van der Waals surface area contributed by atoms with Gasteiger partial charge in [-0.05, 0) is 37.3 Å². The standard InChI is InChI=1S/C21H34N6O/c1-5-11-23-21(24-17-20(28)25(2)3)26(4)14-8-18-9-15-27(16-10-18)19-6-12-22-13-7-19/h5-7,12-13,18H,1,8-11,14-17H2,2-4H3,(H,23,24). The minimum Gasteiger partial charge on any atom is -0.371 e. The van der Waals surface area contributed by atoms with Crippen molar-refractivity contribution in [2.24, 2.45) is 10.9 Å². The molecule has 0 aromatic carbocycles. The second kappa shape index (κ2) is 11.3. The first-order chi connectivity index (χ1) is 13.5. The topological polar surface area (TPSA) is 64.1 Å². The number of aromatic nitrogens is 1. The molecule has 7 nitrogen and oxygen atoms in total. The highest BCUT2D eigenvalue weighted by atomic mass is 16.2. The Bertz CT molecular complexity index is 638. The molecule has 7 heteroatoms. The van der Waals surface area contributed by atoms with E-state index in [-0.39, 0.29) is 12.5 Å². The molecule has 2 rings (SSSR count). The van der Waals surface area contributed by atoms with E-state index in [1.807, 2.05) is 19.4 Å². The summed E-state index contributed by atoms with van der Waals surface area (Å²) in [6, 6.07) is 4.16. The van der Waals surface area contributed by atoms with Gasteiger partial charge in [-0.3, -0.25) is 9.78 Å². The highest BCUT2D eigenvalue weighted by Gasteiger charge is 2.20. The predicted octanol–water partition coefficient (Wildman–Crippen LogP) is 1.84. The summed E-state index contributed by atoms with van der Waals surface area (Å²) >= 11 is 0. The molecule has 0 spiro atoms. The molecule has 1 N–H and O–H groups in total. The summed E-state index contributed by atoms with van der Waals surface area (Å²) < 4.78 is 0. The van der Waals surface area contributed by atoms with Crippen LogP contribution in [0.2, 0.25) is 0 Å². The minimum absolute atomic E-state index is 0.00483. The third kappa shape index (κ3) is 6.87. The van der Waals surface area contributed by atoms with Gasteiger partial charge in [0.05, 0.1) is 0 Å². The fourth-order valence-corrected chi connectivity index (χ4v) is 3.28. The first-order valence-electron chi connectivity index (χ1n) is 9.96. The zero-order chi connectivity index (χ0) is 20.4. The molecule has 154 valence electrons. The van der Waals surface area contributed by atoms with E-state index in [1.54, 1.807) is 25.1 Å². The summed E-state index contributed by atoms with van der Waals surface area (Å²) in [5.41, 5.74) is 1.26. The van der Waals surface area contributed by atoms with Crippen molar-refractivity contribution in [1.29, 1.82) is 0 Å². The van der Waals surface area contributed by atoms with Crippen LogP contribution in [0.5, 0.6) is 0 Å². The smallest absolute Gasteiger partial charge is 0.243 e. The van der Waals surface area contributed by atoms with Gasteiger partial charge in [0.1, 0.15) is 6.54 Å². The van der Waals surface area contributed by atoms with Crippen LogP contribution in [0, 0.1) is 5.92 Å². The lowest BCUT2D eigenvalue weighted by molar-refractivity contribution is -0.127. The van der Waals surface area contributed by atoms with Crippen LogP contribution < -0.4 is 10.2 Å². The number of carbonyl (C=O) groups excluding carboxylic acids is 1. The molecule has 1 aromatic heterocycles. The van der Waals surface area contributed by atoms with Crippen molar-refractivity contribution in [2.75, 3.05) is 58.8 Å². The molecule has 0 radical (unpaired) electrons. The molecule has 0 atom stereocenters. The number of hydrogen-bond acceptors (Lipinski definition) is 4. The van der Waals surface area contributed by atoms with E-state index < -0.39 is 0 Å². The summed E-state index contributed by atoms with van der Waals surface area (Å²) in [5, 5.41) is 3.25. The second-order valence-electron chi connectivity index (χ2n) is 7.44. The van der Waals surface area contributed by atoms with Crippen LogP contribution in [0.4, 0.5) is 5.69 Å². The summed E-state index contributed by atoms with van der Waals surface area (Å²) in [5.74, 6) is 1.46. The second-order valence-corrected chi connectivity index (χ2v) is 7.44. The summed E-state index contributed by atoms with van der Waals surface area (Å²) in [4.78, 5) is 26.5. The first kappa shape index (κ1) is 21.7. The Morgan fingerprint density at radius 2 is 2.00 bits per heavy atom. The summed E-state index contributed by atoms with van der Waals surface area (Å²) in [6.45, 7) is 7.62. The number of likely N-dealkylation sites (N-methyl/N-ethyl adjacent to an activating group) is 1. The number of pyridine rings is 1. The van der Waals surface area contributed by atoms with Gasteiger partial charge >= 0.3 is 0 Å². The molecule has 1 amide bonds. The molecule has 1 aromatic rings. The normalized spacial score (nSPS) is 15.2. The van der Waals surface area contributed by atoms with Crippen LogP contribution in [-0.4, -0.2) is 80.5 Å². The number of amides is 1. The van der Waals surface area contributed by atoms with Gasteiger partial charge in [-0.25, -0.2) is 4.99 Å². The van der Waals surface area contributed by atoms with E-state index in [0.717, 1.165) is 32.0 Å². The minimum atomic E-state index is -0.00483. The van der Waals surface area contributed by atoms with Gasteiger partial charge in [0.25, 0.3) is 0 Å². The molecule has 1 saturated heterocycles. The Morgan fingerprint density at radius 3 is 2.61 bits per heavy atom. The highest BCUT2D eigenvalue weighted by molar-refractivity contribution is 5.84. The quantitative estimate of drug-likeness (QED) is 0.420. The van der Waals surface area contributed by atoms with E-state index in [9.17, 15) is 4.79 Å². The maximum Gasteiger partial charge on any atom is 0.243 e. The number of hydrogen-bond donors (Lipinski definition) is 1. The van der Waals surface area contributed by atoms with Crippen molar-refractivity contribution >= 4 is 17.6 Å². The molecule has 1 fully saturated rings. The van der Waals surface area contributed by atoms with Gasteiger partial charge in [0.2, 0.25) is 5.91 Å². The number of anilines is 1. The maximum absolute atomic E-state index is 11.8. The van der Waals surface area contributed by atoms with Crippen LogP contribution in [0.25, 0.3) is 0 Å². The average Bonchev–Trinajstić information content (AvgIpc) is 2.72. The third-order valence-electron chi connectivity index (χ3n) is 5.14. The van der Waals surface area contributed by atoms with E-state index >= 15 is 0 Å². The summed E-state index contributed by atoms with van der Waals surface area (Å²) in [7, 11) is 5.52. The Morgan fingerprint density at radius 1 is 1.32 bits per heavy atom. The van der Waals surface area contributed by atoms with Crippen molar-refractivity contribution < 1.29 is 4.79 Å². The van der Waals surface area contributed by atoms with Gasteiger partial charge in [-0.1, -0.05) is 6.08 Å². The lowest BCUT2D eigenvalue weighted by Crippen LogP contribution is -2.41. The number of guanidine groups is 1. The molecule has 0 unspecified atom stereocenters. The van der Waals surface area contributed by atoms with Crippen molar-refractivity contribution in [2.45, 2.75) is 19.3 Å². The van der Waals surface area contributed by atoms with E-state index in [1.165, 1.54) is 18.5 Å². The number of nitrogens with zero attached hydrogens (tertiary/aromatic N) is 5. The molecule has 0 bridgehead atoms. The first-order valence-corrected chi connectivity index (χ1v) is 9.96. The van der Waals surface area contributed by atoms with E-state index in [4.69, 9.17) is 0 Å². The number of rotatable bonds is 8. The molecule has 0 saturated carbocycles. The van der Waals surface area contributed by atoms with Crippen LogP contribution in [-0.2, 0) is 4.79 Å². The zero-order valence-electron chi connectivity index (χ0n) is 17.5. The Kier molecular flexibility index (Phi) is 8.78. The van der Waals surface area contributed by atoms with Gasteiger partial charge < -0.3 is 20.0 Å². The van der Waals surface area contributed by atoms with Crippen LogP contribution in [0.1, 0.15) is 19.3 Å². The van der Waals surface area contributed by atoms with Gasteiger partial charge in [0.15, 0.2) is 5.96 Å². The molecule has 0 aliphatic carbocycles. The lowest BCUT2D eigenvalue weighted by atomic mass is 9.93. The molecule has 1 aliphatic rings. The molecule has 2 heterocycles. The fourth-order valence-electron chi connectivity index (χ4n) is 3.28. The molecular formula is C21H34N6O. The van der Waals surface area contributed by atoms with Gasteiger partial charge in [-0.15, -0.1) is 6.58 Å². The van der Waals surface area contributed by atoms with E-state index in [0.29, 0.717) is 12.5 Å². The predicted molar refractivity (Wildman–Crippen MR) is 116 cm³/mol. The van der Waals surface area contributed by atoms with E-state index in [2.05, 4.69) is 43.8 Å². The van der Waals surface area contributed by atoms with Crippen LogP contribution in [0.3, 0.4) is 0 Å². The monoisotopic (exact) mass is 386 g/mol. The largest absolute Gasteiger partial charge is 0.371 e. The number of nitrogens with one attached hydrogen (secondary N) is 1. The molecule has 1 aliphatic heterocycles. The summed E-state index contributed by atoms with van der Waals surface area (Å²) in [6.07, 6.45) is 9.02. The van der Waals surface area contributed by atoms with Crippen molar-refractivity contribution in [1.82, 2.24) is 20.1 Å². The molecule has 28 heavy (non-hydrogen) atoms. The number of piperidine rings is 1. The average molecular weight is 387 g/mol. The van der Waals surface area contributed by atoms with Gasteiger partial charge in [-0.2, -0.15) is 0 Å². The van der Waals surface area contributed by atoms with Crippen LogP contribution >= 0.6 is 0 Å². The Hall–Kier alpha value is -2.57. The highest BCUT2D eigenvalue weighted by Crippen LogP contribution is 2.24. The zero-order valence-corrected chi connectivity index (χ0v) is 17.5. The SMILES string of the molecule is C=CCNC(=NCC(=O)N(C)C)N(C)CCC1CCN(c2ccncc2)CC1. The molecular weight excluding hydrogens is 352 g/mol.